The summed E-state index contributed by atoms with van der Waals surface area (Å²) in [6.45, 7) is 0. The highest BCUT2D eigenvalue weighted by atomic mass is 19.1. The van der Waals surface area contributed by atoms with E-state index in [9.17, 15) is 4.39 Å². The molecule has 0 saturated carbocycles. The minimum Gasteiger partial charge on any atom is -0.386 e. The van der Waals surface area contributed by atoms with Gasteiger partial charge in [-0.15, -0.1) is 0 Å². The first-order valence-corrected chi connectivity index (χ1v) is 3.55. The molecule has 0 aliphatic rings. The topological polar surface area (TPSA) is 59.6 Å². The standard InChI is InChI=1S/C9H6FN3/c1-13-8-3-2-6(4-11)7(5-12)9(8)10/h2-3,13H,1H3. The molecule has 0 aliphatic carbocycles. The number of hydrogen-bond donors (Lipinski definition) is 1. The summed E-state index contributed by atoms with van der Waals surface area (Å²) in [6.07, 6.45) is 0. The van der Waals surface area contributed by atoms with E-state index >= 15 is 0 Å². The molecule has 0 unspecified atom stereocenters. The third kappa shape index (κ3) is 1.43. The molecule has 0 bridgehead atoms. The van der Waals surface area contributed by atoms with Crippen LogP contribution in [0.2, 0.25) is 0 Å². The summed E-state index contributed by atoms with van der Waals surface area (Å²) in [5, 5.41) is 19.7. The van der Waals surface area contributed by atoms with Crippen LogP contribution in [0.5, 0.6) is 0 Å². The second-order valence-electron chi connectivity index (χ2n) is 2.32. The summed E-state index contributed by atoms with van der Waals surface area (Å²) in [6, 6.07) is 6.24. The van der Waals surface area contributed by atoms with Gasteiger partial charge in [-0.05, 0) is 12.1 Å². The third-order valence-electron chi connectivity index (χ3n) is 1.64. The number of benzene rings is 1. The lowest BCUT2D eigenvalue weighted by atomic mass is 10.1. The van der Waals surface area contributed by atoms with Crippen molar-refractivity contribution in [1.29, 1.82) is 10.5 Å². The maximum atomic E-state index is 13.3. The number of rotatable bonds is 1. The summed E-state index contributed by atoms with van der Waals surface area (Å²) < 4.78 is 13.3. The normalized spacial score (nSPS) is 8.62. The van der Waals surface area contributed by atoms with Crippen molar-refractivity contribution in [2.75, 3.05) is 12.4 Å². The average molecular weight is 175 g/mol. The first-order valence-electron chi connectivity index (χ1n) is 3.55. The van der Waals surface area contributed by atoms with Crippen molar-refractivity contribution >= 4 is 5.69 Å². The molecule has 0 fully saturated rings. The molecule has 1 aromatic rings. The molecule has 3 nitrogen and oxygen atoms in total. The van der Waals surface area contributed by atoms with E-state index in [0.29, 0.717) is 0 Å². The van der Waals surface area contributed by atoms with Crippen LogP contribution >= 0.6 is 0 Å². The fourth-order valence-electron chi connectivity index (χ4n) is 0.972. The van der Waals surface area contributed by atoms with Crippen LogP contribution in [0.1, 0.15) is 11.1 Å². The minimum atomic E-state index is -0.677. The van der Waals surface area contributed by atoms with Gasteiger partial charge >= 0.3 is 0 Å². The van der Waals surface area contributed by atoms with Gasteiger partial charge in [0.25, 0.3) is 0 Å². The molecule has 0 saturated heterocycles. The van der Waals surface area contributed by atoms with Crippen LogP contribution in [0, 0.1) is 28.5 Å². The van der Waals surface area contributed by atoms with Crippen molar-refractivity contribution in [3.63, 3.8) is 0 Å². The predicted octanol–water partition coefficient (Wildman–Crippen LogP) is 1.61. The van der Waals surface area contributed by atoms with Crippen LogP contribution in [0.4, 0.5) is 10.1 Å². The van der Waals surface area contributed by atoms with Gasteiger partial charge in [0, 0.05) is 7.05 Å². The average Bonchev–Trinajstić information content (AvgIpc) is 2.17. The third-order valence-corrected chi connectivity index (χ3v) is 1.64. The van der Waals surface area contributed by atoms with Crippen LogP contribution in [-0.4, -0.2) is 7.05 Å². The molecule has 0 heterocycles. The molecule has 13 heavy (non-hydrogen) atoms. The minimum absolute atomic E-state index is 0.0546. The zero-order chi connectivity index (χ0) is 9.84. The first kappa shape index (κ1) is 9.02. The molecule has 4 heteroatoms. The van der Waals surface area contributed by atoms with E-state index in [0.717, 1.165) is 0 Å². The molecule has 0 radical (unpaired) electrons. The largest absolute Gasteiger partial charge is 0.386 e. The lowest BCUT2D eigenvalue weighted by Gasteiger charge is -2.03. The second-order valence-corrected chi connectivity index (χ2v) is 2.32. The Morgan fingerprint density at radius 3 is 2.46 bits per heavy atom. The van der Waals surface area contributed by atoms with E-state index in [1.165, 1.54) is 12.1 Å². The van der Waals surface area contributed by atoms with Gasteiger partial charge in [-0.3, -0.25) is 0 Å². The van der Waals surface area contributed by atoms with Gasteiger partial charge < -0.3 is 5.32 Å². The van der Waals surface area contributed by atoms with Crippen LogP contribution < -0.4 is 5.32 Å². The Kier molecular flexibility index (Phi) is 2.47. The van der Waals surface area contributed by atoms with E-state index < -0.39 is 5.82 Å². The zero-order valence-corrected chi connectivity index (χ0v) is 6.93. The Morgan fingerprint density at radius 1 is 1.31 bits per heavy atom. The van der Waals surface area contributed by atoms with Gasteiger partial charge in [-0.1, -0.05) is 0 Å². The molecule has 0 aliphatic heterocycles. The van der Waals surface area contributed by atoms with Crippen molar-refractivity contribution in [2.24, 2.45) is 0 Å². The summed E-state index contributed by atoms with van der Waals surface area (Å²) in [5.41, 5.74) is 0.0592. The van der Waals surface area contributed by atoms with Crippen molar-refractivity contribution in [3.05, 3.63) is 29.1 Å². The van der Waals surface area contributed by atoms with Crippen LogP contribution in [0.25, 0.3) is 0 Å². The summed E-state index contributed by atoms with van der Waals surface area (Å²) in [4.78, 5) is 0. The predicted molar refractivity (Wildman–Crippen MR) is 45.4 cm³/mol. The Morgan fingerprint density at radius 2 is 2.00 bits per heavy atom. The Labute approximate surface area is 75.0 Å². The molecule has 0 amide bonds. The van der Waals surface area contributed by atoms with Gasteiger partial charge in [0.2, 0.25) is 0 Å². The summed E-state index contributed by atoms with van der Waals surface area (Å²) in [5.74, 6) is -0.677. The smallest absolute Gasteiger partial charge is 0.165 e. The molecule has 1 N–H and O–H groups in total. The lowest BCUT2D eigenvalue weighted by Crippen LogP contribution is -1.97. The van der Waals surface area contributed by atoms with Gasteiger partial charge in [0.15, 0.2) is 5.82 Å². The van der Waals surface area contributed by atoms with Crippen LogP contribution in [-0.2, 0) is 0 Å². The van der Waals surface area contributed by atoms with E-state index in [-0.39, 0.29) is 16.8 Å². The monoisotopic (exact) mass is 175 g/mol. The van der Waals surface area contributed by atoms with E-state index in [2.05, 4.69) is 5.32 Å². The number of anilines is 1. The number of nitrogens with one attached hydrogen (secondary N) is 1. The molecule has 0 aromatic heterocycles. The summed E-state index contributed by atoms with van der Waals surface area (Å²) in [7, 11) is 1.55. The Balaban J connectivity index is 3.45. The van der Waals surface area contributed by atoms with Gasteiger partial charge in [-0.25, -0.2) is 4.39 Å². The zero-order valence-electron chi connectivity index (χ0n) is 6.93. The fraction of sp³-hybridized carbons (Fsp3) is 0.111. The van der Waals surface area contributed by atoms with E-state index in [1.807, 2.05) is 0 Å². The van der Waals surface area contributed by atoms with Gasteiger partial charge in [0.1, 0.15) is 17.7 Å². The second kappa shape index (κ2) is 3.55. The quantitative estimate of drug-likeness (QED) is 0.705. The first-order chi connectivity index (χ1) is 6.24. The van der Waals surface area contributed by atoms with E-state index in [1.54, 1.807) is 19.2 Å². The Hall–Kier alpha value is -2.07. The van der Waals surface area contributed by atoms with Crippen molar-refractivity contribution < 1.29 is 4.39 Å². The van der Waals surface area contributed by atoms with Gasteiger partial charge in [-0.2, -0.15) is 10.5 Å². The number of halogens is 1. The highest BCUT2D eigenvalue weighted by Crippen LogP contribution is 2.20. The molecule has 1 rings (SSSR count). The maximum absolute atomic E-state index is 13.3. The SMILES string of the molecule is CNc1ccc(C#N)c(C#N)c1F. The molecular weight excluding hydrogens is 169 g/mol. The van der Waals surface area contributed by atoms with Crippen molar-refractivity contribution in [2.45, 2.75) is 0 Å². The number of hydrogen-bond acceptors (Lipinski definition) is 3. The number of nitrogens with zero attached hydrogens (tertiary/aromatic N) is 2. The molecule has 64 valence electrons. The Bertz CT molecular complexity index is 412. The molecule has 1 aromatic carbocycles. The molecule has 0 spiro atoms. The van der Waals surface area contributed by atoms with Crippen LogP contribution in [0.15, 0.2) is 12.1 Å². The highest BCUT2D eigenvalue weighted by Gasteiger charge is 2.11. The van der Waals surface area contributed by atoms with Crippen molar-refractivity contribution in [1.82, 2.24) is 0 Å². The maximum Gasteiger partial charge on any atom is 0.165 e. The van der Waals surface area contributed by atoms with Crippen LogP contribution in [0.3, 0.4) is 0 Å². The van der Waals surface area contributed by atoms with Gasteiger partial charge in [0.05, 0.1) is 11.3 Å². The lowest BCUT2D eigenvalue weighted by molar-refractivity contribution is 0.627. The van der Waals surface area contributed by atoms with Crippen molar-refractivity contribution in [3.8, 4) is 12.1 Å². The number of nitriles is 2. The molecule has 0 atom stereocenters. The molecular formula is C9H6FN3. The summed E-state index contributed by atoms with van der Waals surface area (Å²) >= 11 is 0. The van der Waals surface area contributed by atoms with E-state index in [4.69, 9.17) is 10.5 Å². The fourth-order valence-corrected chi connectivity index (χ4v) is 0.972. The highest BCUT2D eigenvalue weighted by molar-refractivity contribution is 5.57.